The van der Waals surface area contributed by atoms with Gasteiger partial charge in [-0.1, -0.05) is 42.5 Å². The molecule has 0 spiro atoms. The van der Waals surface area contributed by atoms with Crippen molar-refractivity contribution in [1.82, 2.24) is 14.9 Å². The lowest BCUT2D eigenvalue weighted by molar-refractivity contribution is -0.122. The van der Waals surface area contributed by atoms with Crippen LogP contribution in [0.2, 0.25) is 0 Å². The Balaban J connectivity index is 1.56. The summed E-state index contributed by atoms with van der Waals surface area (Å²) in [5, 5.41) is 3.04. The van der Waals surface area contributed by atoms with Crippen LogP contribution >= 0.6 is 0 Å². The average Bonchev–Trinajstić information content (AvgIpc) is 3.41. The predicted octanol–water partition coefficient (Wildman–Crippen LogP) is 3.15. The maximum absolute atomic E-state index is 11.8. The number of nitrogens with zero attached hydrogens (tertiary/aromatic N) is 2. The molecule has 0 bridgehead atoms. The molecule has 1 aliphatic rings. The van der Waals surface area contributed by atoms with Gasteiger partial charge in [0, 0.05) is 25.4 Å². The minimum Gasteiger partial charge on any atom is -0.355 e. The molecular weight excluding hydrogens is 298 g/mol. The number of hydrogen-bond donors (Lipinski definition) is 1. The molecule has 1 amide bonds. The number of benzene rings is 2. The van der Waals surface area contributed by atoms with E-state index in [1.165, 1.54) is 5.56 Å². The van der Waals surface area contributed by atoms with Gasteiger partial charge in [-0.25, -0.2) is 4.98 Å². The molecule has 122 valence electrons. The topological polar surface area (TPSA) is 46.9 Å². The van der Waals surface area contributed by atoms with Gasteiger partial charge in [0.2, 0.25) is 5.91 Å². The molecule has 0 atom stereocenters. The fraction of sp³-hybridized carbons (Fsp3) is 0.300. The van der Waals surface area contributed by atoms with Crippen LogP contribution in [-0.4, -0.2) is 22.0 Å². The Morgan fingerprint density at radius 3 is 2.62 bits per heavy atom. The summed E-state index contributed by atoms with van der Waals surface area (Å²) in [4.78, 5) is 16.6. The molecule has 4 heteroatoms. The van der Waals surface area contributed by atoms with Gasteiger partial charge in [-0.05, 0) is 30.5 Å². The fourth-order valence-corrected chi connectivity index (χ4v) is 3.05. The van der Waals surface area contributed by atoms with Crippen molar-refractivity contribution >= 4 is 16.9 Å². The van der Waals surface area contributed by atoms with Gasteiger partial charge in [0.1, 0.15) is 5.82 Å². The second kappa shape index (κ2) is 6.48. The molecule has 1 heterocycles. The lowest BCUT2D eigenvalue weighted by atomic mass is 10.2. The van der Waals surface area contributed by atoms with Crippen LogP contribution in [0.3, 0.4) is 0 Å². The number of amides is 1. The minimum absolute atomic E-state index is 0.195. The third-order valence-electron chi connectivity index (χ3n) is 4.51. The SMILES string of the molecule is O=C(NCCc1nc2ccccc2n1Cc1ccccc1)C1CC1. The van der Waals surface area contributed by atoms with Crippen LogP contribution in [-0.2, 0) is 17.8 Å². The van der Waals surface area contributed by atoms with Crippen LogP contribution in [0.4, 0.5) is 0 Å². The molecule has 0 aliphatic heterocycles. The highest BCUT2D eigenvalue weighted by molar-refractivity contribution is 5.80. The van der Waals surface area contributed by atoms with Crippen LogP contribution in [0.1, 0.15) is 24.2 Å². The third kappa shape index (κ3) is 3.18. The molecular formula is C20H21N3O. The Morgan fingerprint density at radius 2 is 1.83 bits per heavy atom. The molecule has 1 aliphatic carbocycles. The van der Waals surface area contributed by atoms with E-state index in [0.29, 0.717) is 6.54 Å². The quantitative estimate of drug-likeness (QED) is 0.758. The van der Waals surface area contributed by atoms with E-state index in [1.54, 1.807) is 0 Å². The Labute approximate surface area is 141 Å². The highest BCUT2D eigenvalue weighted by atomic mass is 16.2. The molecule has 24 heavy (non-hydrogen) atoms. The molecule has 0 unspecified atom stereocenters. The van der Waals surface area contributed by atoms with Crippen LogP contribution in [0.5, 0.6) is 0 Å². The van der Waals surface area contributed by atoms with Crippen molar-refractivity contribution in [2.24, 2.45) is 5.92 Å². The lowest BCUT2D eigenvalue weighted by Crippen LogP contribution is -2.27. The predicted molar refractivity (Wildman–Crippen MR) is 94.7 cm³/mol. The summed E-state index contributed by atoms with van der Waals surface area (Å²) in [7, 11) is 0. The van der Waals surface area contributed by atoms with Crippen molar-refractivity contribution in [1.29, 1.82) is 0 Å². The maximum atomic E-state index is 11.8. The molecule has 1 fully saturated rings. The van der Waals surface area contributed by atoms with E-state index in [4.69, 9.17) is 4.98 Å². The standard InChI is InChI=1S/C20H21N3O/c24-20(16-10-11-16)21-13-12-19-22-17-8-4-5-9-18(17)23(19)14-15-6-2-1-3-7-15/h1-9,16H,10-14H2,(H,21,24). The van der Waals surface area contributed by atoms with Gasteiger partial charge in [-0.3, -0.25) is 4.79 Å². The van der Waals surface area contributed by atoms with Gasteiger partial charge in [0.25, 0.3) is 0 Å². The van der Waals surface area contributed by atoms with Crippen molar-refractivity contribution in [3.8, 4) is 0 Å². The van der Waals surface area contributed by atoms with Crippen molar-refractivity contribution in [2.45, 2.75) is 25.8 Å². The number of para-hydroxylation sites is 2. The summed E-state index contributed by atoms with van der Waals surface area (Å²) in [5.41, 5.74) is 3.41. The number of imidazole rings is 1. The highest BCUT2D eigenvalue weighted by Gasteiger charge is 2.29. The molecule has 4 nitrogen and oxygen atoms in total. The van der Waals surface area contributed by atoms with Crippen LogP contribution in [0, 0.1) is 5.92 Å². The second-order valence-electron chi connectivity index (χ2n) is 6.40. The number of carbonyl (C=O) groups excluding carboxylic acids is 1. The Hall–Kier alpha value is -2.62. The molecule has 2 aromatic carbocycles. The van der Waals surface area contributed by atoms with Crippen molar-refractivity contribution in [2.75, 3.05) is 6.54 Å². The molecule has 0 saturated heterocycles. The van der Waals surface area contributed by atoms with Crippen LogP contribution < -0.4 is 5.32 Å². The monoisotopic (exact) mass is 319 g/mol. The number of fused-ring (bicyclic) bond motifs is 1. The summed E-state index contributed by atoms with van der Waals surface area (Å²) in [5.74, 6) is 1.48. The van der Waals surface area contributed by atoms with Crippen LogP contribution in [0.25, 0.3) is 11.0 Å². The number of nitrogens with one attached hydrogen (secondary N) is 1. The average molecular weight is 319 g/mol. The molecule has 0 radical (unpaired) electrons. The van der Waals surface area contributed by atoms with E-state index >= 15 is 0 Å². The first-order valence-electron chi connectivity index (χ1n) is 8.57. The van der Waals surface area contributed by atoms with Crippen molar-refractivity contribution in [3.63, 3.8) is 0 Å². The van der Waals surface area contributed by atoms with Crippen LogP contribution in [0.15, 0.2) is 54.6 Å². The van der Waals surface area contributed by atoms with Gasteiger partial charge in [0.15, 0.2) is 0 Å². The Morgan fingerprint density at radius 1 is 1.08 bits per heavy atom. The summed E-state index contributed by atoms with van der Waals surface area (Å²) in [6.07, 6.45) is 2.83. The second-order valence-corrected chi connectivity index (χ2v) is 6.40. The zero-order valence-electron chi connectivity index (χ0n) is 13.6. The minimum atomic E-state index is 0.195. The first-order valence-corrected chi connectivity index (χ1v) is 8.57. The van der Waals surface area contributed by atoms with Gasteiger partial charge in [-0.2, -0.15) is 0 Å². The molecule has 4 rings (SSSR count). The lowest BCUT2D eigenvalue weighted by Gasteiger charge is -2.10. The van der Waals surface area contributed by atoms with E-state index < -0.39 is 0 Å². The van der Waals surface area contributed by atoms with Gasteiger partial charge in [-0.15, -0.1) is 0 Å². The molecule has 1 aromatic heterocycles. The molecule has 3 aromatic rings. The van der Waals surface area contributed by atoms with Gasteiger partial charge in [0.05, 0.1) is 11.0 Å². The highest BCUT2D eigenvalue weighted by Crippen LogP contribution is 2.28. The summed E-state index contributed by atoms with van der Waals surface area (Å²) < 4.78 is 2.26. The smallest absolute Gasteiger partial charge is 0.223 e. The van der Waals surface area contributed by atoms with E-state index in [-0.39, 0.29) is 11.8 Å². The third-order valence-corrected chi connectivity index (χ3v) is 4.51. The molecule has 1 N–H and O–H groups in total. The van der Waals surface area contributed by atoms with Crippen molar-refractivity contribution in [3.05, 3.63) is 66.0 Å². The van der Waals surface area contributed by atoms with Crippen molar-refractivity contribution < 1.29 is 4.79 Å². The molecule has 1 saturated carbocycles. The largest absolute Gasteiger partial charge is 0.355 e. The van der Waals surface area contributed by atoms with E-state index in [9.17, 15) is 4.79 Å². The normalized spacial score (nSPS) is 14.0. The Bertz CT molecular complexity index is 850. The van der Waals surface area contributed by atoms with E-state index in [2.05, 4.69) is 40.2 Å². The van der Waals surface area contributed by atoms with E-state index in [0.717, 1.165) is 42.7 Å². The number of hydrogen-bond acceptors (Lipinski definition) is 2. The zero-order valence-corrected chi connectivity index (χ0v) is 13.6. The summed E-state index contributed by atoms with van der Waals surface area (Å²) >= 11 is 0. The van der Waals surface area contributed by atoms with E-state index in [1.807, 2.05) is 24.3 Å². The Kier molecular flexibility index (Phi) is 4.03. The zero-order chi connectivity index (χ0) is 16.4. The first-order chi connectivity index (χ1) is 11.8. The number of aromatic nitrogens is 2. The first kappa shape index (κ1) is 14.9. The summed E-state index contributed by atoms with van der Waals surface area (Å²) in [6.45, 7) is 1.45. The fourth-order valence-electron chi connectivity index (χ4n) is 3.05. The number of carbonyl (C=O) groups is 1. The summed E-state index contributed by atoms with van der Waals surface area (Å²) in [6, 6.07) is 18.6. The van der Waals surface area contributed by atoms with Gasteiger partial charge >= 0.3 is 0 Å². The number of rotatable bonds is 6. The maximum Gasteiger partial charge on any atom is 0.223 e. The van der Waals surface area contributed by atoms with Gasteiger partial charge < -0.3 is 9.88 Å².